The van der Waals surface area contributed by atoms with Gasteiger partial charge < -0.3 is 0 Å². The van der Waals surface area contributed by atoms with E-state index in [1.54, 1.807) is 22.7 Å². The van der Waals surface area contributed by atoms with Crippen LogP contribution in [0.1, 0.15) is 0 Å². The molecule has 5 heteroatoms. The van der Waals surface area contributed by atoms with E-state index in [-0.39, 0.29) is 0 Å². The van der Waals surface area contributed by atoms with E-state index in [1.165, 1.54) is 64.0 Å². The number of benzene rings is 6. The van der Waals surface area contributed by atoms with Crippen LogP contribution >= 0.6 is 34.0 Å². The molecule has 0 bridgehead atoms. The third-order valence-corrected chi connectivity index (χ3v) is 11.0. The van der Waals surface area contributed by atoms with E-state index in [0.29, 0.717) is 0 Å². The van der Waals surface area contributed by atoms with Gasteiger partial charge in [0.1, 0.15) is 10.0 Å². The molecule has 0 saturated carbocycles. The fourth-order valence-electron chi connectivity index (χ4n) is 6.31. The predicted octanol–water partition coefficient (Wildman–Crippen LogP) is 11.9. The van der Waals surface area contributed by atoms with Gasteiger partial charge in [-0.05, 0) is 62.0 Å². The van der Waals surface area contributed by atoms with Crippen LogP contribution in [0.5, 0.6) is 0 Å². The maximum Gasteiger partial charge on any atom is 0.123 e. The lowest BCUT2D eigenvalue weighted by Crippen LogP contribution is -1.91. The molecule has 0 saturated heterocycles. The van der Waals surface area contributed by atoms with Crippen LogP contribution in [0, 0.1) is 0 Å². The first-order chi connectivity index (χ1) is 21.3. The maximum atomic E-state index is 4.53. The first-order valence-corrected chi connectivity index (χ1v) is 16.7. The highest BCUT2D eigenvalue weighted by atomic mass is 32.1. The molecule has 0 N–H and O–H groups in total. The van der Waals surface area contributed by atoms with Gasteiger partial charge in [-0.3, -0.25) is 0 Å². The molecule has 0 aliphatic heterocycles. The Kier molecular flexibility index (Phi) is 5.76. The number of thiazole rings is 2. The van der Waals surface area contributed by atoms with Crippen LogP contribution in [0.15, 0.2) is 132 Å². The van der Waals surface area contributed by atoms with Gasteiger partial charge in [0.05, 0.1) is 0 Å². The Morgan fingerprint density at radius 2 is 0.884 bits per heavy atom. The first kappa shape index (κ1) is 24.9. The summed E-state index contributed by atoms with van der Waals surface area (Å²) in [4.78, 5) is 9.06. The Balaban J connectivity index is 1.37. The second-order valence-corrected chi connectivity index (χ2v) is 13.5. The molecular formula is C38H22N2S3. The second-order valence-electron chi connectivity index (χ2n) is 10.6. The van der Waals surface area contributed by atoms with Crippen molar-refractivity contribution in [2.75, 3.05) is 0 Å². The average Bonchev–Trinajstić information content (AvgIpc) is 3.85. The lowest BCUT2D eigenvalue weighted by molar-refractivity contribution is 1.41. The smallest absolute Gasteiger partial charge is 0.123 e. The first-order valence-electron chi connectivity index (χ1n) is 14.1. The zero-order valence-electron chi connectivity index (χ0n) is 22.8. The summed E-state index contributed by atoms with van der Waals surface area (Å²) in [6.07, 6.45) is 3.74. The molecule has 0 fully saturated rings. The highest BCUT2D eigenvalue weighted by Crippen LogP contribution is 2.47. The molecule has 0 atom stereocenters. The molecule has 0 unspecified atom stereocenters. The van der Waals surface area contributed by atoms with Gasteiger partial charge in [-0.1, -0.05) is 91.0 Å². The van der Waals surface area contributed by atoms with Gasteiger partial charge in [0.2, 0.25) is 0 Å². The van der Waals surface area contributed by atoms with E-state index < -0.39 is 0 Å². The van der Waals surface area contributed by atoms with Crippen LogP contribution in [0.2, 0.25) is 0 Å². The summed E-state index contributed by atoms with van der Waals surface area (Å²) in [7, 11) is 0. The van der Waals surface area contributed by atoms with Crippen molar-refractivity contribution < 1.29 is 0 Å². The SMILES string of the molecule is c1ccc2c(c1)sc1cc3c(-c4ccc(-c5nccs5)cc4)c4ccccc4c(-c4ccc(-c5nccs5)cc4)c3cc12. The highest BCUT2D eigenvalue weighted by molar-refractivity contribution is 7.25. The minimum absolute atomic E-state index is 1.05. The normalized spacial score (nSPS) is 11.7. The summed E-state index contributed by atoms with van der Waals surface area (Å²) in [5, 5.41) is 13.9. The zero-order valence-corrected chi connectivity index (χ0v) is 25.3. The third kappa shape index (κ3) is 4.04. The Bertz CT molecular complexity index is 2420. The molecule has 6 aromatic carbocycles. The second kappa shape index (κ2) is 9.96. The van der Waals surface area contributed by atoms with E-state index in [0.717, 1.165) is 21.1 Å². The van der Waals surface area contributed by atoms with Gasteiger partial charge in [0, 0.05) is 54.5 Å². The lowest BCUT2D eigenvalue weighted by Gasteiger charge is -2.18. The van der Waals surface area contributed by atoms with Crippen LogP contribution in [-0.2, 0) is 0 Å². The fourth-order valence-corrected chi connectivity index (χ4v) is 8.72. The molecule has 3 heterocycles. The zero-order chi connectivity index (χ0) is 28.3. The van der Waals surface area contributed by atoms with Gasteiger partial charge in [-0.25, -0.2) is 9.97 Å². The summed E-state index contributed by atoms with van der Waals surface area (Å²) in [5.74, 6) is 0. The molecule has 9 aromatic rings. The van der Waals surface area contributed by atoms with Gasteiger partial charge in [-0.15, -0.1) is 34.0 Å². The predicted molar refractivity (Wildman–Crippen MR) is 187 cm³/mol. The van der Waals surface area contributed by atoms with Crippen molar-refractivity contribution in [2.24, 2.45) is 0 Å². The number of hydrogen-bond acceptors (Lipinski definition) is 5. The van der Waals surface area contributed by atoms with Crippen LogP contribution < -0.4 is 0 Å². The monoisotopic (exact) mass is 602 g/mol. The molecule has 2 nitrogen and oxygen atoms in total. The Labute approximate surface area is 260 Å². The van der Waals surface area contributed by atoms with Crippen molar-refractivity contribution in [1.29, 1.82) is 0 Å². The van der Waals surface area contributed by atoms with E-state index in [2.05, 4.69) is 119 Å². The summed E-state index contributed by atoms with van der Waals surface area (Å²) in [6.45, 7) is 0. The lowest BCUT2D eigenvalue weighted by atomic mass is 9.85. The minimum atomic E-state index is 1.05. The van der Waals surface area contributed by atoms with Gasteiger partial charge in [0.15, 0.2) is 0 Å². The largest absolute Gasteiger partial charge is 0.245 e. The van der Waals surface area contributed by atoms with E-state index in [1.807, 2.05) is 34.5 Å². The number of thiophene rings is 1. The summed E-state index contributed by atoms with van der Waals surface area (Å²) >= 11 is 5.22. The molecule has 0 radical (unpaired) electrons. The summed E-state index contributed by atoms with van der Waals surface area (Å²) < 4.78 is 2.63. The highest BCUT2D eigenvalue weighted by Gasteiger charge is 2.19. The molecule has 3 aromatic heterocycles. The third-order valence-electron chi connectivity index (χ3n) is 8.23. The topological polar surface area (TPSA) is 25.8 Å². The number of rotatable bonds is 4. The van der Waals surface area contributed by atoms with E-state index in [4.69, 9.17) is 0 Å². The fraction of sp³-hybridized carbons (Fsp3) is 0. The number of fused-ring (bicyclic) bond motifs is 5. The van der Waals surface area contributed by atoms with E-state index >= 15 is 0 Å². The number of nitrogens with zero attached hydrogens (tertiary/aromatic N) is 2. The molecular weight excluding hydrogens is 581 g/mol. The molecule has 0 aliphatic carbocycles. The van der Waals surface area contributed by atoms with Crippen LogP contribution in [0.3, 0.4) is 0 Å². The van der Waals surface area contributed by atoms with Crippen molar-refractivity contribution in [2.45, 2.75) is 0 Å². The average molecular weight is 603 g/mol. The Hall–Kier alpha value is -4.68. The van der Waals surface area contributed by atoms with Crippen molar-refractivity contribution in [3.63, 3.8) is 0 Å². The molecule has 0 spiro atoms. The van der Waals surface area contributed by atoms with Gasteiger partial charge in [-0.2, -0.15) is 0 Å². The molecule has 43 heavy (non-hydrogen) atoms. The Morgan fingerprint density at radius 3 is 1.42 bits per heavy atom. The van der Waals surface area contributed by atoms with Gasteiger partial charge in [0.25, 0.3) is 0 Å². The van der Waals surface area contributed by atoms with E-state index in [9.17, 15) is 0 Å². The molecule has 9 rings (SSSR count). The van der Waals surface area contributed by atoms with Crippen LogP contribution in [0.25, 0.3) is 85.1 Å². The van der Waals surface area contributed by atoms with Crippen molar-refractivity contribution in [3.8, 4) is 43.4 Å². The van der Waals surface area contributed by atoms with Crippen molar-refractivity contribution in [3.05, 3.63) is 132 Å². The van der Waals surface area contributed by atoms with Gasteiger partial charge >= 0.3 is 0 Å². The quantitative estimate of drug-likeness (QED) is 0.187. The number of aromatic nitrogens is 2. The molecule has 0 amide bonds. The standard InChI is InChI=1S/C38H22N2S3/c1-2-7-29-28(6-1)35(23-9-13-25(14-10-23)37-39-17-19-41-37)31-21-30-27-5-3-4-8-33(27)43-34(30)22-32(31)36(29)24-11-15-26(16-12-24)38-40-18-20-42-38/h1-22H. The summed E-state index contributed by atoms with van der Waals surface area (Å²) in [5.41, 5.74) is 7.28. The van der Waals surface area contributed by atoms with Crippen LogP contribution in [-0.4, -0.2) is 9.97 Å². The maximum absolute atomic E-state index is 4.53. The van der Waals surface area contributed by atoms with Crippen molar-refractivity contribution >= 4 is 75.7 Å². The Morgan fingerprint density at radius 1 is 0.395 bits per heavy atom. The molecule has 202 valence electrons. The number of hydrogen-bond donors (Lipinski definition) is 0. The minimum Gasteiger partial charge on any atom is -0.245 e. The van der Waals surface area contributed by atoms with Crippen LogP contribution in [0.4, 0.5) is 0 Å². The molecule has 0 aliphatic rings. The van der Waals surface area contributed by atoms with Crippen molar-refractivity contribution in [1.82, 2.24) is 9.97 Å². The summed E-state index contributed by atoms with van der Waals surface area (Å²) in [6, 6.07) is 40.4.